The number of benzene rings is 2. The number of fused-ring (bicyclic) bond motifs is 1. The Labute approximate surface area is 142 Å². The molecule has 0 aliphatic heterocycles. The van der Waals surface area contributed by atoms with Gasteiger partial charge in [0.15, 0.2) is 11.5 Å². The second-order valence-corrected chi connectivity index (χ2v) is 5.57. The van der Waals surface area contributed by atoms with Gasteiger partial charge in [-0.25, -0.2) is 0 Å². The summed E-state index contributed by atoms with van der Waals surface area (Å²) in [5, 5.41) is 1.58. The molecule has 5 heteroatoms. The third-order valence-electron chi connectivity index (χ3n) is 3.68. The van der Waals surface area contributed by atoms with Crippen LogP contribution in [0.2, 0.25) is 0 Å². The fraction of sp³-hybridized carbons (Fsp3) is 0.421. The molecule has 130 valence electrons. The minimum Gasteiger partial charge on any atom is -0.490 e. The Morgan fingerprint density at radius 3 is 2.25 bits per heavy atom. The van der Waals surface area contributed by atoms with E-state index in [0.29, 0.717) is 29.6 Å². The number of esters is 1. The molecular weight excluding hydrogens is 308 g/mol. The van der Waals surface area contributed by atoms with Crippen LogP contribution in [0.4, 0.5) is 0 Å². The topological polar surface area (TPSA) is 54.0 Å². The van der Waals surface area contributed by atoms with Gasteiger partial charge in [-0.05, 0) is 19.4 Å². The Bertz CT molecular complexity index is 736. The third kappa shape index (κ3) is 3.55. The number of aryl methyl sites for hydroxylation is 1. The fourth-order valence-corrected chi connectivity index (χ4v) is 2.57. The normalized spacial score (nSPS) is 10.5. The molecule has 0 fully saturated rings. The number of carbonyl (C=O) groups excluding carboxylic acids is 1. The van der Waals surface area contributed by atoms with Gasteiger partial charge in [-0.15, -0.1) is 0 Å². The number of rotatable bonds is 7. The van der Waals surface area contributed by atoms with Crippen LogP contribution in [-0.2, 0) is 4.79 Å². The molecule has 0 aromatic heterocycles. The standard InChI is InChI=1S/C19H24O5/c1-6-7-10-23-16-15-11-12(2)8-9-14(15)17(24-13(3)20)19(22-5)18(16)21-4/h8-9,11H,6-7,10H2,1-5H3. The first-order valence-corrected chi connectivity index (χ1v) is 8.03. The molecule has 0 N–H and O–H groups in total. The molecule has 0 atom stereocenters. The van der Waals surface area contributed by atoms with Gasteiger partial charge in [0.05, 0.1) is 20.8 Å². The number of hydrogen-bond acceptors (Lipinski definition) is 5. The van der Waals surface area contributed by atoms with Gasteiger partial charge in [-0.2, -0.15) is 0 Å². The van der Waals surface area contributed by atoms with Gasteiger partial charge in [-0.1, -0.05) is 31.0 Å². The second-order valence-electron chi connectivity index (χ2n) is 5.57. The minimum atomic E-state index is -0.420. The highest BCUT2D eigenvalue weighted by molar-refractivity contribution is 6.00. The summed E-state index contributed by atoms with van der Waals surface area (Å²) in [5.41, 5.74) is 1.07. The Hall–Kier alpha value is -2.43. The van der Waals surface area contributed by atoms with Gasteiger partial charge in [0.25, 0.3) is 0 Å². The van der Waals surface area contributed by atoms with Crippen LogP contribution in [0.1, 0.15) is 32.3 Å². The summed E-state index contributed by atoms with van der Waals surface area (Å²) >= 11 is 0. The Balaban J connectivity index is 2.77. The highest BCUT2D eigenvalue weighted by atomic mass is 16.6. The summed E-state index contributed by atoms with van der Waals surface area (Å²) in [6.07, 6.45) is 1.96. The van der Waals surface area contributed by atoms with Crippen molar-refractivity contribution in [3.05, 3.63) is 23.8 Å². The molecular formula is C19H24O5. The monoisotopic (exact) mass is 332 g/mol. The summed E-state index contributed by atoms with van der Waals surface area (Å²) in [6, 6.07) is 5.85. The maximum absolute atomic E-state index is 11.5. The van der Waals surface area contributed by atoms with Crippen molar-refractivity contribution in [1.82, 2.24) is 0 Å². The summed E-state index contributed by atoms with van der Waals surface area (Å²) < 4.78 is 22.4. The molecule has 0 saturated carbocycles. The van der Waals surface area contributed by atoms with E-state index in [0.717, 1.165) is 29.2 Å². The summed E-state index contributed by atoms with van der Waals surface area (Å²) in [7, 11) is 3.06. The quantitative estimate of drug-likeness (QED) is 0.430. The SMILES string of the molecule is CCCCOc1c(OC)c(OC)c(OC(C)=O)c2ccc(C)cc12. The van der Waals surface area contributed by atoms with E-state index in [1.165, 1.54) is 14.0 Å². The van der Waals surface area contributed by atoms with Crippen molar-refractivity contribution in [3.8, 4) is 23.0 Å². The van der Waals surface area contributed by atoms with Crippen molar-refractivity contribution in [3.63, 3.8) is 0 Å². The Morgan fingerprint density at radius 1 is 1.00 bits per heavy atom. The van der Waals surface area contributed by atoms with Crippen LogP contribution in [0.3, 0.4) is 0 Å². The molecule has 24 heavy (non-hydrogen) atoms. The molecule has 0 bridgehead atoms. The highest BCUT2D eigenvalue weighted by Gasteiger charge is 2.24. The molecule has 5 nitrogen and oxygen atoms in total. The molecule has 0 aliphatic rings. The lowest BCUT2D eigenvalue weighted by Crippen LogP contribution is -2.07. The number of unbranched alkanes of at least 4 members (excludes halogenated alkanes) is 1. The molecule has 2 rings (SSSR count). The lowest BCUT2D eigenvalue weighted by atomic mass is 10.0. The zero-order chi connectivity index (χ0) is 17.7. The van der Waals surface area contributed by atoms with Gasteiger partial charge in [0, 0.05) is 17.7 Å². The van der Waals surface area contributed by atoms with E-state index in [1.54, 1.807) is 7.11 Å². The van der Waals surface area contributed by atoms with E-state index >= 15 is 0 Å². The van der Waals surface area contributed by atoms with Crippen molar-refractivity contribution in [2.75, 3.05) is 20.8 Å². The summed E-state index contributed by atoms with van der Waals surface area (Å²) in [6.45, 7) is 6.04. The lowest BCUT2D eigenvalue weighted by molar-refractivity contribution is -0.131. The zero-order valence-corrected chi connectivity index (χ0v) is 14.9. The van der Waals surface area contributed by atoms with Gasteiger partial charge >= 0.3 is 5.97 Å². The molecule has 0 spiro atoms. The summed E-state index contributed by atoms with van der Waals surface area (Å²) in [4.78, 5) is 11.5. The third-order valence-corrected chi connectivity index (χ3v) is 3.68. The zero-order valence-electron chi connectivity index (χ0n) is 14.9. The number of carbonyl (C=O) groups is 1. The van der Waals surface area contributed by atoms with E-state index in [4.69, 9.17) is 18.9 Å². The van der Waals surface area contributed by atoms with Crippen LogP contribution in [0.15, 0.2) is 18.2 Å². The number of ether oxygens (including phenoxy) is 4. The maximum Gasteiger partial charge on any atom is 0.308 e. The predicted octanol–water partition coefficient (Wildman–Crippen LogP) is 4.27. The van der Waals surface area contributed by atoms with Crippen molar-refractivity contribution in [2.45, 2.75) is 33.6 Å². The van der Waals surface area contributed by atoms with Crippen LogP contribution in [0, 0.1) is 6.92 Å². The fourth-order valence-electron chi connectivity index (χ4n) is 2.57. The van der Waals surface area contributed by atoms with Crippen molar-refractivity contribution < 1.29 is 23.7 Å². The maximum atomic E-state index is 11.5. The average Bonchev–Trinajstić information content (AvgIpc) is 2.55. The van der Waals surface area contributed by atoms with Gasteiger partial charge < -0.3 is 18.9 Å². The van der Waals surface area contributed by atoms with Crippen LogP contribution in [0.5, 0.6) is 23.0 Å². The average molecular weight is 332 g/mol. The van der Waals surface area contributed by atoms with E-state index in [9.17, 15) is 4.79 Å². The molecule has 2 aromatic rings. The van der Waals surface area contributed by atoms with Crippen LogP contribution >= 0.6 is 0 Å². The van der Waals surface area contributed by atoms with Crippen LogP contribution in [0.25, 0.3) is 10.8 Å². The molecule has 2 aromatic carbocycles. The van der Waals surface area contributed by atoms with Crippen molar-refractivity contribution in [2.24, 2.45) is 0 Å². The second kappa shape index (κ2) is 7.90. The molecule has 0 aliphatic carbocycles. The molecule has 0 saturated heterocycles. The molecule has 0 amide bonds. The van der Waals surface area contributed by atoms with Gasteiger partial charge in [0.1, 0.15) is 0 Å². The van der Waals surface area contributed by atoms with E-state index in [-0.39, 0.29) is 0 Å². The lowest BCUT2D eigenvalue weighted by Gasteiger charge is -2.20. The highest BCUT2D eigenvalue weighted by Crippen LogP contribution is 2.51. The first kappa shape index (κ1) is 17.9. The Morgan fingerprint density at radius 2 is 1.67 bits per heavy atom. The van der Waals surface area contributed by atoms with E-state index in [2.05, 4.69) is 6.92 Å². The van der Waals surface area contributed by atoms with Crippen molar-refractivity contribution >= 4 is 16.7 Å². The summed E-state index contributed by atoms with van der Waals surface area (Å²) in [5.74, 6) is 1.33. The minimum absolute atomic E-state index is 0.347. The van der Waals surface area contributed by atoms with Gasteiger partial charge in [0.2, 0.25) is 11.5 Å². The van der Waals surface area contributed by atoms with Crippen LogP contribution < -0.4 is 18.9 Å². The van der Waals surface area contributed by atoms with E-state index < -0.39 is 5.97 Å². The van der Waals surface area contributed by atoms with E-state index in [1.807, 2.05) is 25.1 Å². The first-order valence-electron chi connectivity index (χ1n) is 8.03. The number of hydrogen-bond donors (Lipinski definition) is 0. The smallest absolute Gasteiger partial charge is 0.308 e. The molecule has 0 heterocycles. The first-order chi connectivity index (χ1) is 11.5. The largest absolute Gasteiger partial charge is 0.490 e. The predicted molar refractivity (Wildman–Crippen MR) is 93.5 cm³/mol. The van der Waals surface area contributed by atoms with Crippen molar-refractivity contribution in [1.29, 1.82) is 0 Å². The van der Waals surface area contributed by atoms with Gasteiger partial charge in [-0.3, -0.25) is 4.79 Å². The Kier molecular flexibility index (Phi) is 5.90. The number of methoxy groups -OCH3 is 2. The molecule has 0 radical (unpaired) electrons. The molecule has 0 unspecified atom stereocenters. The van der Waals surface area contributed by atoms with Crippen LogP contribution in [-0.4, -0.2) is 26.8 Å².